The number of urea groups is 1. The zero-order chi connectivity index (χ0) is 17.6. The number of carbonyl (C=O) groups is 2. The molecule has 3 amide bonds. The number of hydrogen-bond donors (Lipinski definition) is 1. The van der Waals surface area contributed by atoms with Crippen LogP contribution in [0.2, 0.25) is 0 Å². The fourth-order valence-corrected chi connectivity index (χ4v) is 4.10. The van der Waals surface area contributed by atoms with Gasteiger partial charge < -0.3 is 15.1 Å². The molecule has 1 atom stereocenters. The van der Waals surface area contributed by atoms with Gasteiger partial charge in [-0.1, -0.05) is 11.6 Å². The van der Waals surface area contributed by atoms with Gasteiger partial charge in [0.2, 0.25) is 5.91 Å². The predicted octanol–water partition coefficient (Wildman–Crippen LogP) is 1.82. The summed E-state index contributed by atoms with van der Waals surface area (Å²) in [6, 6.07) is 0.383. The smallest absolute Gasteiger partial charge is 0.317 e. The number of rotatable bonds is 4. The van der Waals surface area contributed by atoms with Gasteiger partial charge in [-0.05, 0) is 39.0 Å². The normalized spacial score (nSPS) is 25.7. The van der Waals surface area contributed by atoms with Crippen LogP contribution in [0.3, 0.4) is 0 Å². The summed E-state index contributed by atoms with van der Waals surface area (Å²) in [5.41, 5.74) is 1.47. The molecule has 140 valence electrons. The van der Waals surface area contributed by atoms with Gasteiger partial charge in [0.15, 0.2) is 0 Å². The molecule has 3 aliphatic heterocycles. The highest BCUT2D eigenvalue weighted by molar-refractivity contribution is 5.78. The third-order valence-electron chi connectivity index (χ3n) is 5.76. The monoisotopic (exact) mass is 348 g/mol. The molecule has 0 spiro atoms. The lowest BCUT2D eigenvalue weighted by atomic mass is 10.1. The maximum atomic E-state index is 12.4. The van der Waals surface area contributed by atoms with E-state index in [0.29, 0.717) is 24.9 Å². The van der Waals surface area contributed by atoms with Crippen LogP contribution in [0, 0.1) is 0 Å². The molecular formula is C19H32N4O2. The van der Waals surface area contributed by atoms with Crippen LogP contribution < -0.4 is 5.32 Å². The van der Waals surface area contributed by atoms with Gasteiger partial charge in [0.05, 0.1) is 0 Å². The summed E-state index contributed by atoms with van der Waals surface area (Å²) < 4.78 is 0. The first-order valence-corrected chi connectivity index (χ1v) is 9.84. The van der Waals surface area contributed by atoms with E-state index in [1.807, 2.05) is 9.80 Å². The van der Waals surface area contributed by atoms with Crippen molar-refractivity contribution in [1.29, 1.82) is 0 Å². The molecule has 0 aromatic heterocycles. The lowest BCUT2D eigenvalue weighted by Gasteiger charge is -2.27. The van der Waals surface area contributed by atoms with Gasteiger partial charge in [-0.2, -0.15) is 0 Å². The Bertz CT molecular complexity index is 520. The van der Waals surface area contributed by atoms with E-state index < -0.39 is 0 Å². The number of hydrogen-bond acceptors (Lipinski definition) is 3. The first-order valence-electron chi connectivity index (χ1n) is 9.84. The zero-order valence-corrected chi connectivity index (χ0v) is 15.5. The first-order chi connectivity index (χ1) is 12.1. The molecule has 0 saturated carbocycles. The summed E-state index contributed by atoms with van der Waals surface area (Å²) in [5, 5.41) is 3.08. The van der Waals surface area contributed by atoms with Crippen molar-refractivity contribution < 1.29 is 9.59 Å². The average molecular weight is 348 g/mol. The van der Waals surface area contributed by atoms with E-state index in [4.69, 9.17) is 0 Å². The number of likely N-dealkylation sites (tertiary alicyclic amines) is 2. The molecule has 3 rings (SSSR count). The molecule has 3 heterocycles. The minimum absolute atomic E-state index is 0.0529. The Hall–Kier alpha value is -1.56. The topological polar surface area (TPSA) is 55.9 Å². The van der Waals surface area contributed by atoms with Crippen molar-refractivity contribution in [3.63, 3.8) is 0 Å². The fourth-order valence-electron chi connectivity index (χ4n) is 4.10. The van der Waals surface area contributed by atoms with Crippen molar-refractivity contribution in [1.82, 2.24) is 20.0 Å². The molecule has 1 unspecified atom stereocenters. The van der Waals surface area contributed by atoms with E-state index >= 15 is 0 Å². The lowest BCUT2D eigenvalue weighted by molar-refractivity contribution is -0.129. The third-order valence-corrected chi connectivity index (χ3v) is 5.76. The zero-order valence-electron chi connectivity index (χ0n) is 15.5. The molecule has 6 heteroatoms. The van der Waals surface area contributed by atoms with Crippen LogP contribution in [0.4, 0.5) is 4.79 Å². The van der Waals surface area contributed by atoms with Crippen LogP contribution in [0.5, 0.6) is 0 Å². The fraction of sp³-hybridized carbons (Fsp3) is 0.789. The van der Waals surface area contributed by atoms with Crippen molar-refractivity contribution in [3.05, 3.63) is 11.6 Å². The summed E-state index contributed by atoms with van der Waals surface area (Å²) in [6.45, 7) is 8.35. The number of nitrogens with one attached hydrogen (secondary N) is 1. The number of amides is 3. The Morgan fingerprint density at radius 1 is 1.16 bits per heavy atom. The van der Waals surface area contributed by atoms with E-state index in [0.717, 1.165) is 71.4 Å². The van der Waals surface area contributed by atoms with E-state index in [9.17, 15) is 9.59 Å². The molecule has 0 aromatic carbocycles. The second-order valence-corrected chi connectivity index (χ2v) is 7.60. The number of nitrogens with zero attached hydrogens (tertiary/aromatic N) is 3. The highest BCUT2D eigenvalue weighted by atomic mass is 16.2. The van der Waals surface area contributed by atoms with Gasteiger partial charge in [-0.25, -0.2) is 4.79 Å². The van der Waals surface area contributed by atoms with Crippen molar-refractivity contribution in [2.75, 3.05) is 45.8 Å². The lowest BCUT2D eigenvalue weighted by Crippen LogP contribution is -2.44. The second kappa shape index (κ2) is 8.70. The molecule has 0 radical (unpaired) electrons. The maximum Gasteiger partial charge on any atom is 0.317 e. The van der Waals surface area contributed by atoms with E-state index in [1.165, 1.54) is 5.57 Å². The molecule has 2 fully saturated rings. The molecule has 0 aromatic rings. The van der Waals surface area contributed by atoms with E-state index in [2.05, 4.69) is 23.2 Å². The summed E-state index contributed by atoms with van der Waals surface area (Å²) in [7, 11) is 0. The summed E-state index contributed by atoms with van der Waals surface area (Å²) in [5.74, 6) is 0.300. The van der Waals surface area contributed by atoms with Crippen molar-refractivity contribution >= 4 is 11.9 Å². The third kappa shape index (κ3) is 4.97. The SMILES string of the molecule is CC1=CCN(CCNC(=O)N2CCCC(N3CCCC3=O)CC2)CC1. The van der Waals surface area contributed by atoms with Crippen molar-refractivity contribution in [2.45, 2.75) is 51.5 Å². The molecule has 6 nitrogen and oxygen atoms in total. The molecule has 1 N–H and O–H groups in total. The molecule has 0 bridgehead atoms. The van der Waals surface area contributed by atoms with E-state index in [1.54, 1.807) is 0 Å². The van der Waals surface area contributed by atoms with Gasteiger partial charge >= 0.3 is 6.03 Å². The van der Waals surface area contributed by atoms with Crippen molar-refractivity contribution in [3.8, 4) is 0 Å². The van der Waals surface area contributed by atoms with Gasteiger partial charge in [-0.15, -0.1) is 0 Å². The van der Waals surface area contributed by atoms with Crippen LogP contribution >= 0.6 is 0 Å². The molecular weight excluding hydrogens is 316 g/mol. The van der Waals surface area contributed by atoms with E-state index in [-0.39, 0.29) is 6.03 Å². The average Bonchev–Trinajstić information content (AvgIpc) is 2.89. The summed E-state index contributed by atoms with van der Waals surface area (Å²) in [4.78, 5) is 30.7. The summed E-state index contributed by atoms with van der Waals surface area (Å²) >= 11 is 0. The Morgan fingerprint density at radius 2 is 2.04 bits per heavy atom. The highest BCUT2D eigenvalue weighted by Crippen LogP contribution is 2.22. The van der Waals surface area contributed by atoms with Crippen LogP contribution in [-0.4, -0.2) is 78.5 Å². The number of carbonyl (C=O) groups excluding carboxylic acids is 2. The standard InChI is InChI=1S/C19H32N4O2/c1-16-6-12-21(13-7-16)15-9-20-19(25)22-10-2-4-17(8-14-22)23-11-3-5-18(23)24/h6,17H,2-5,7-15H2,1H3,(H,20,25). The molecule has 2 saturated heterocycles. The Balaban J connectivity index is 1.38. The highest BCUT2D eigenvalue weighted by Gasteiger charge is 2.30. The predicted molar refractivity (Wildman–Crippen MR) is 98.4 cm³/mol. The molecule has 3 aliphatic rings. The minimum Gasteiger partial charge on any atom is -0.340 e. The maximum absolute atomic E-state index is 12.4. The van der Waals surface area contributed by atoms with Crippen LogP contribution in [-0.2, 0) is 4.79 Å². The van der Waals surface area contributed by atoms with Gasteiger partial charge in [-0.3, -0.25) is 9.69 Å². The quantitative estimate of drug-likeness (QED) is 0.789. The Kier molecular flexibility index (Phi) is 6.34. The Labute approximate surface area is 151 Å². The van der Waals surface area contributed by atoms with Gasteiger partial charge in [0.1, 0.15) is 0 Å². The molecule has 0 aliphatic carbocycles. The Morgan fingerprint density at radius 3 is 2.76 bits per heavy atom. The van der Waals surface area contributed by atoms with Crippen molar-refractivity contribution in [2.24, 2.45) is 0 Å². The first kappa shape index (κ1) is 18.2. The van der Waals surface area contributed by atoms with Gasteiger partial charge in [0, 0.05) is 58.3 Å². The van der Waals surface area contributed by atoms with Crippen LogP contribution in [0.1, 0.15) is 45.4 Å². The van der Waals surface area contributed by atoms with Gasteiger partial charge in [0.25, 0.3) is 0 Å². The van der Waals surface area contributed by atoms with Crippen LogP contribution in [0.15, 0.2) is 11.6 Å². The molecule has 25 heavy (non-hydrogen) atoms. The second-order valence-electron chi connectivity index (χ2n) is 7.60. The summed E-state index contributed by atoms with van der Waals surface area (Å²) in [6.07, 6.45) is 8.02. The van der Waals surface area contributed by atoms with Crippen LogP contribution in [0.25, 0.3) is 0 Å². The minimum atomic E-state index is 0.0529. The largest absolute Gasteiger partial charge is 0.340 e.